The van der Waals surface area contributed by atoms with Gasteiger partial charge in [0, 0.05) is 30.2 Å². The Kier molecular flexibility index (Phi) is 5.55. The Morgan fingerprint density at radius 3 is 2.75 bits per heavy atom. The highest BCUT2D eigenvalue weighted by Gasteiger charge is 2.04. The molecule has 1 aromatic carbocycles. The number of hydrogen-bond donors (Lipinski definition) is 2. The van der Waals surface area contributed by atoms with Crippen LogP contribution < -0.4 is 10.6 Å². The molecule has 0 saturated carbocycles. The van der Waals surface area contributed by atoms with E-state index < -0.39 is 0 Å². The van der Waals surface area contributed by atoms with Crippen LogP contribution in [0.15, 0.2) is 44.5 Å². The molecule has 0 spiro atoms. The van der Waals surface area contributed by atoms with Gasteiger partial charge >= 0.3 is 0 Å². The topological polar surface area (TPSA) is 36.4 Å². The number of halogens is 2. The lowest BCUT2D eigenvalue weighted by Crippen LogP contribution is -2.36. The molecule has 0 aliphatic heterocycles. The summed E-state index contributed by atoms with van der Waals surface area (Å²) in [6, 6.07) is 7.08. The van der Waals surface area contributed by atoms with Gasteiger partial charge in [0.05, 0.1) is 0 Å². The first-order chi connectivity index (χ1) is 9.69. The van der Waals surface area contributed by atoms with Crippen LogP contribution in [0.5, 0.6) is 0 Å². The van der Waals surface area contributed by atoms with Crippen LogP contribution in [0.3, 0.4) is 0 Å². The van der Waals surface area contributed by atoms with E-state index in [9.17, 15) is 4.39 Å². The number of hydrogen-bond acceptors (Lipinski definition) is 2. The van der Waals surface area contributed by atoms with Crippen LogP contribution >= 0.6 is 27.3 Å². The zero-order valence-electron chi connectivity index (χ0n) is 11.0. The van der Waals surface area contributed by atoms with Crippen molar-refractivity contribution in [3.63, 3.8) is 0 Å². The molecule has 3 nitrogen and oxygen atoms in total. The highest BCUT2D eigenvalue weighted by Crippen LogP contribution is 2.15. The fourth-order valence-electron chi connectivity index (χ4n) is 1.64. The molecule has 6 heteroatoms. The normalized spacial score (nSPS) is 11.4. The summed E-state index contributed by atoms with van der Waals surface area (Å²) >= 11 is 4.90. The smallest absolute Gasteiger partial charge is 0.191 e. The quantitative estimate of drug-likeness (QED) is 0.650. The van der Waals surface area contributed by atoms with Crippen LogP contribution in [0.1, 0.15) is 11.1 Å². The van der Waals surface area contributed by atoms with E-state index in [4.69, 9.17) is 0 Å². The summed E-state index contributed by atoms with van der Waals surface area (Å²) in [4.78, 5) is 4.12. The van der Waals surface area contributed by atoms with E-state index in [1.165, 1.54) is 11.6 Å². The predicted molar refractivity (Wildman–Crippen MR) is 85.5 cm³/mol. The third-order valence-corrected chi connectivity index (χ3v) is 3.95. The first-order valence-corrected chi connectivity index (χ1v) is 7.82. The van der Waals surface area contributed by atoms with Crippen molar-refractivity contribution in [1.29, 1.82) is 0 Å². The number of nitrogens with zero attached hydrogens (tertiary/aromatic N) is 1. The van der Waals surface area contributed by atoms with E-state index in [1.807, 2.05) is 11.4 Å². The number of guanidine groups is 1. The van der Waals surface area contributed by atoms with E-state index in [2.05, 4.69) is 43.0 Å². The molecule has 0 fully saturated rings. The molecule has 0 aliphatic rings. The van der Waals surface area contributed by atoms with E-state index >= 15 is 0 Å². The second kappa shape index (κ2) is 7.40. The molecule has 2 aromatic rings. The molecule has 2 N–H and O–H groups in total. The van der Waals surface area contributed by atoms with Crippen molar-refractivity contribution in [1.82, 2.24) is 10.6 Å². The number of aliphatic imine (C=N–C) groups is 1. The van der Waals surface area contributed by atoms with Crippen LogP contribution in [-0.2, 0) is 13.1 Å². The Morgan fingerprint density at radius 2 is 2.10 bits per heavy atom. The van der Waals surface area contributed by atoms with Gasteiger partial charge < -0.3 is 10.6 Å². The average Bonchev–Trinajstić information content (AvgIpc) is 2.94. The number of rotatable bonds is 4. The molecule has 20 heavy (non-hydrogen) atoms. The molecule has 0 amide bonds. The van der Waals surface area contributed by atoms with Crippen molar-refractivity contribution in [2.24, 2.45) is 4.99 Å². The van der Waals surface area contributed by atoms with Gasteiger partial charge in [-0.25, -0.2) is 4.39 Å². The molecule has 0 saturated heterocycles. The monoisotopic (exact) mass is 355 g/mol. The predicted octanol–water partition coefficient (Wildman–Crippen LogP) is 3.51. The summed E-state index contributed by atoms with van der Waals surface area (Å²) in [5, 5.41) is 10.4. The zero-order chi connectivity index (χ0) is 14.4. The minimum Gasteiger partial charge on any atom is -0.352 e. The van der Waals surface area contributed by atoms with Crippen LogP contribution in [0, 0.1) is 5.82 Å². The van der Waals surface area contributed by atoms with Gasteiger partial charge in [0.2, 0.25) is 0 Å². The Hall–Kier alpha value is -1.40. The Balaban J connectivity index is 1.87. The van der Waals surface area contributed by atoms with Crippen molar-refractivity contribution in [2.75, 3.05) is 7.05 Å². The molecule has 0 aliphatic carbocycles. The average molecular weight is 356 g/mol. The summed E-state index contributed by atoms with van der Waals surface area (Å²) in [5.74, 6) is 0.415. The van der Waals surface area contributed by atoms with E-state index in [0.29, 0.717) is 24.6 Å². The molecule has 106 valence electrons. The Bertz CT molecular complexity index is 584. The first kappa shape index (κ1) is 15.0. The second-order valence-corrected chi connectivity index (χ2v) is 5.84. The van der Waals surface area contributed by atoms with Gasteiger partial charge in [0.1, 0.15) is 5.82 Å². The molecule has 0 bridgehead atoms. The fourth-order valence-corrected chi connectivity index (χ4v) is 2.65. The van der Waals surface area contributed by atoms with Crippen LogP contribution in [-0.4, -0.2) is 13.0 Å². The second-order valence-electron chi connectivity index (χ2n) is 4.15. The minimum absolute atomic E-state index is 0.236. The highest BCUT2D eigenvalue weighted by molar-refractivity contribution is 9.10. The highest BCUT2D eigenvalue weighted by atomic mass is 79.9. The number of nitrogens with one attached hydrogen (secondary N) is 2. The van der Waals surface area contributed by atoms with Gasteiger partial charge in [-0.1, -0.05) is 22.0 Å². The van der Waals surface area contributed by atoms with Crippen molar-refractivity contribution in [2.45, 2.75) is 13.1 Å². The molecule has 0 atom stereocenters. The SMILES string of the molecule is CN=C(NCc1ccsc1)NCc1ccc(Br)cc1F. The molecule has 2 rings (SSSR count). The van der Waals surface area contributed by atoms with Crippen LogP contribution in [0.4, 0.5) is 4.39 Å². The van der Waals surface area contributed by atoms with Crippen molar-refractivity contribution >= 4 is 33.2 Å². The maximum atomic E-state index is 13.7. The lowest BCUT2D eigenvalue weighted by Gasteiger charge is -2.12. The number of benzene rings is 1. The molecular formula is C14H15BrFN3S. The fraction of sp³-hybridized carbons (Fsp3) is 0.214. The Labute approximate surface area is 130 Å². The number of thiophene rings is 1. The van der Waals surface area contributed by atoms with Crippen LogP contribution in [0.2, 0.25) is 0 Å². The molecular weight excluding hydrogens is 341 g/mol. The van der Waals surface area contributed by atoms with E-state index in [-0.39, 0.29) is 5.82 Å². The Morgan fingerprint density at radius 1 is 1.30 bits per heavy atom. The summed E-state index contributed by atoms with van der Waals surface area (Å²) in [5.41, 5.74) is 1.81. The van der Waals surface area contributed by atoms with Gasteiger partial charge in [-0.05, 0) is 34.5 Å². The lowest BCUT2D eigenvalue weighted by atomic mass is 10.2. The largest absolute Gasteiger partial charge is 0.352 e. The maximum absolute atomic E-state index is 13.7. The molecule has 1 heterocycles. The summed E-state index contributed by atoms with van der Waals surface area (Å²) < 4.78 is 14.4. The third-order valence-electron chi connectivity index (χ3n) is 2.73. The van der Waals surface area contributed by atoms with Gasteiger partial charge in [-0.3, -0.25) is 4.99 Å². The van der Waals surface area contributed by atoms with Gasteiger partial charge in [0.25, 0.3) is 0 Å². The van der Waals surface area contributed by atoms with Crippen LogP contribution in [0.25, 0.3) is 0 Å². The third kappa shape index (κ3) is 4.31. The minimum atomic E-state index is -0.236. The lowest BCUT2D eigenvalue weighted by molar-refractivity contribution is 0.604. The summed E-state index contributed by atoms with van der Waals surface area (Å²) in [7, 11) is 1.70. The van der Waals surface area contributed by atoms with Crippen molar-refractivity contribution in [3.8, 4) is 0 Å². The standard InChI is InChI=1S/C14H15BrFN3S/c1-17-14(18-7-10-4-5-20-9-10)19-8-11-2-3-12(15)6-13(11)16/h2-6,9H,7-8H2,1H3,(H2,17,18,19). The molecule has 0 radical (unpaired) electrons. The van der Waals surface area contributed by atoms with Gasteiger partial charge in [0.15, 0.2) is 5.96 Å². The molecule has 0 unspecified atom stereocenters. The maximum Gasteiger partial charge on any atom is 0.191 e. The van der Waals surface area contributed by atoms with E-state index in [1.54, 1.807) is 24.5 Å². The first-order valence-electron chi connectivity index (χ1n) is 6.08. The summed E-state index contributed by atoms with van der Waals surface area (Å²) in [6.07, 6.45) is 0. The zero-order valence-corrected chi connectivity index (χ0v) is 13.4. The van der Waals surface area contributed by atoms with Crippen molar-refractivity contribution < 1.29 is 4.39 Å². The molecule has 1 aromatic heterocycles. The summed E-state index contributed by atoms with van der Waals surface area (Å²) in [6.45, 7) is 1.09. The van der Waals surface area contributed by atoms with Crippen molar-refractivity contribution in [3.05, 3.63) is 56.4 Å². The van der Waals surface area contributed by atoms with E-state index in [0.717, 1.165) is 4.47 Å². The van der Waals surface area contributed by atoms with Gasteiger partial charge in [-0.15, -0.1) is 0 Å². The van der Waals surface area contributed by atoms with Gasteiger partial charge in [-0.2, -0.15) is 11.3 Å².